The number of hydrogen-bond acceptors (Lipinski definition) is 1. The molecule has 0 aliphatic rings. The predicted octanol–water partition coefficient (Wildman–Crippen LogP) is 3.29. The first-order chi connectivity index (χ1) is 7.68. The van der Waals surface area contributed by atoms with Gasteiger partial charge in [-0.1, -0.05) is 0 Å². The van der Waals surface area contributed by atoms with E-state index in [-0.39, 0.29) is 3.87 Å². The topological polar surface area (TPSA) is 0 Å². The van der Waals surface area contributed by atoms with Crippen molar-refractivity contribution in [3.8, 4) is 0 Å². The van der Waals surface area contributed by atoms with Gasteiger partial charge in [0.15, 0.2) is 0 Å². The molecule has 4 heteroatoms. The Morgan fingerprint density at radius 3 is 2.31 bits per heavy atom. The van der Waals surface area contributed by atoms with Crippen LogP contribution in [0.25, 0.3) is 0 Å². The average Bonchev–Trinajstić information content (AvgIpc) is 2.31. The van der Waals surface area contributed by atoms with Gasteiger partial charge in [0.25, 0.3) is 0 Å². The van der Waals surface area contributed by atoms with Gasteiger partial charge in [0.05, 0.1) is 0 Å². The molecule has 0 N–H and O–H groups in total. The Morgan fingerprint density at radius 2 is 1.62 bits per heavy atom. The number of benzene rings is 2. The fourth-order valence-electron chi connectivity index (χ4n) is 1.23. The van der Waals surface area contributed by atoms with E-state index in [9.17, 15) is 8.78 Å². The molecule has 0 fully saturated rings. The second-order valence-corrected chi connectivity index (χ2v) is 5.05. The first kappa shape index (κ1) is 11.8. The Balaban J connectivity index is 2.33. The molecule has 2 aromatic carbocycles. The molecule has 16 heavy (non-hydrogen) atoms. The summed E-state index contributed by atoms with van der Waals surface area (Å²) in [5.41, 5.74) is 0. The van der Waals surface area contributed by atoms with Crippen molar-refractivity contribution in [2.24, 2.45) is 0 Å². The van der Waals surface area contributed by atoms with Crippen LogP contribution in [-0.4, -0.2) is 0 Å². The third-order valence-corrected chi connectivity index (χ3v) is 3.79. The first-order valence-electron chi connectivity index (χ1n) is 4.61. The van der Waals surface area contributed by atoms with Crippen LogP contribution in [0.1, 0.15) is 0 Å². The molecule has 0 aromatic heterocycles. The predicted molar refractivity (Wildman–Crippen MR) is 56.6 cm³/mol. The van der Waals surface area contributed by atoms with E-state index in [1.807, 2.05) is 30.3 Å². The van der Waals surface area contributed by atoms with Gasteiger partial charge in [0.1, 0.15) is 0 Å². The van der Waals surface area contributed by atoms with Crippen molar-refractivity contribution < 1.29 is 29.2 Å². The maximum absolute atomic E-state index is 13.7. The van der Waals surface area contributed by atoms with Gasteiger partial charge in [-0.25, -0.2) is 0 Å². The van der Waals surface area contributed by atoms with Crippen LogP contribution >= 0.6 is 11.8 Å². The minimum atomic E-state index is -0.505. The molecule has 0 aliphatic heterocycles. The molecule has 0 aliphatic carbocycles. The zero-order valence-electron chi connectivity index (χ0n) is 8.21. The molecule has 0 heterocycles. The summed E-state index contributed by atoms with van der Waals surface area (Å²) < 4.78 is 26.8. The molecule has 0 unspecified atom stereocenters. The standard InChI is InChI=1S/C12H7F2S.Ti/c13-9-6-7-12(11(14)8-9)15-10-4-2-1-3-5-10;/h1-7H;. The van der Waals surface area contributed by atoms with Crippen molar-refractivity contribution in [3.63, 3.8) is 0 Å². The molecule has 79 valence electrons. The van der Waals surface area contributed by atoms with Crippen molar-refractivity contribution in [2.75, 3.05) is 0 Å². The van der Waals surface area contributed by atoms with Crippen LogP contribution in [0.2, 0.25) is 0 Å². The first-order valence-corrected chi connectivity index (χ1v) is 6.20. The Morgan fingerprint density at radius 1 is 0.938 bits per heavy atom. The van der Waals surface area contributed by atoms with Crippen molar-refractivity contribution in [3.05, 3.63) is 54.1 Å². The van der Waals surface area contributed by atoms with Gasteiger partial charge in [-0.2, -0.15) is 0 Å². The molecule has 2 rings (SSSR count). The summed E-state index contributed by atoms with van der Waals surface area (Å²) in [5.74, 6) is -0.983. The second-order valence-electron chi connectivity index (χ2n) is 3.15. The van der Waals surface area contributed by atoms with Crippen LogP contribution in [-0.2, 0) is 20.4 Å². The van der Waals surface area contributed by atoms with Crippen LogP contribution in [0, 0.1) is 11.6 Å². The van der Waals surface area contributed by atoms with Crippen LogP contribution < -0.4 is 3.87 Å². The van der Waals surface area contributed by atoms with Crippen molar-refractivity contribution in [1.82, 2.24) is 0 Å². The van der Waals surface area contributed by atoms with Gasteiger partial charge in [-0.15, -0.1) is 0 Å². The molecule has 0 bridgehead atoms. The van der Waals surface area contributed by atoms with E-state index in [4.69, 9.17) is 0 Å². The molecule has 2 aromatic rings. The van der Waals surface area contributed by atoms with E-state index >= 15 is 0 Å². The SMILES string of the molecule is Fc1ccc(Sc2ccccc2)c(F)[c]1[Ti]. The van der Waals surface area contributed by atoms with E-state index in [0.717, 1.165) is 4.90 Å². The van der Waals surface area contributed by atoms with Gasteiger partial charge < -0.3 is 0 Å². The Hall–Kier alpha value is -0.636. The van der Waals surface area contributed by atoms with E-state index in [0.29, 0.717) is 4.90 Å². The summed E-state index contributed by atoms with van der Waals surface area (Å²) in [6, 6.07) is 12.2. The van der Waals surface area contributed by atoms with Crippen molar-refractivity contribution in [2.45, 2.75) is 9.79 Å². The zero-order chi connectivity index (χ0) is 11.5. The third-order valence-electron chi connectivity index (χ3n) is 2.03. The monoisotopic (exact) mass is 269 g/mol. The molecular weight excluding hydrogens is 262 g/mol. The van der Waals surface area contributed by atoms with Crippen molar-refractivity contribution >= 4 is 15.6 Å². The Kier molecular flexibility index (Phi) is 3.80. The van der Waals surface area contributed by atoms with Gasteiger partial charge in [-0.05, 0) is 0 Å². The van der Waals surface area contributed by atoms with Gasteiger partial charge in [-0.3, -0.25) is 0 Å². The molecular formula is C12H7F2STi. The quantitative estimate of drug-likeness (QED) is 0.754. The summed E-state index contributed by atoms with van der Waals surface area (Å²) in [6.45, 7) is 0. The summed E-state index contributed by atoms with van der Waals surface area (Å²) in [7, 11) is 0. The molecule has 0 atom stereocenters. The number of hydrogen-bond donors (Lipinski definition) is 0. The molecule has 0 spiro atoms. The number of halogens is 2. The van der Waals surface area contributed by atoms with Crippen LogP contribution in [0.3, 0.4) is 0 Å². The Bertz CT molecular complexity index is 500. The summed E-state index contributed by atoms with van der Waals surface area (Å²) in [4.78, 5) is 1.39. The van der Waals surface area contributed by atoms with Gasteiger partial charge in [0.2, 0.25) is 0 Å². The molecule has 0 nitrogen and oxygen atoms in total. The number of rotatable bonds is 2. The fraction of sp³-hybridized carbons (Fsp3) is 0. The van der Waals surface area contributed by atoms with Crippen LogP contribution in [0.15, 0.2) is 52.3 Å². The van der Waals surface area contributed by atoms with Gasteiger partial charge >= 0.3 is 109 Å². The van der Waals surface area contributed by atoms with E-state index in [1.54, 1.807) is 0 Å². The van der Waals surface area contributed by atoms with Crippen LogP contribution in [0.5, 0.6) is 0 Å². The molecule has 0 saturated carbocycles. The van der Waals surface area contributed by atoms with E-state index in [1.165, 1.54) is 44.3 Å². The van der Waals surface area contributed by atoms with E-state index < -0.39 is 11.6 Å². The zero-order valence-corrected chi connectivity index (χ0v) is 10.6. The normalized spacial score (nSPS) is 10.3. The third kappa shape index (κ3) is 2.54. The molecule has 0 radical (unpaired) electrons. The van der Waals surface area contributed by atoms with Crippen LogP contribution in [0.4, 0.5) is 8.78 Å². The van der Waals surface area contributed by atoms with E-state index in [2.05, 4.69) is 0 Å². The second kappa shape index (κ2) is 5.13. The minimum absolute atomic E-state index is 0.0703. The molecule has 0 amide bonds. The summed E-state index contributed by atoms with van der Waals surface area (Å²) in [6.07, 6.45) is 0. The molecule has 0 saturated heterocycles. The average molecular weight is 269 g/mol. The van der Waals surface area contributed by atoms with Gasteiger partial charge in [0, 0.05) is 0 Å². The fourth-order valence-corrected chi connectivity index (χ4v) is 2.58. The summed E-state index contributed by atoms with van der Waals surface area (Å²) in [5, 5.41) is 0. The van der Waals surface area contributed by atoms with Crippen molar-refractivity contribution in [1.29, 1.82) is 0 Å². The summed E-state index contributed by atoms with van der Waals surface area (Å²) >= 11 is 2.74. The Labute approximate surface area is 108 Å². The maximum atomic E-state index is 13.7.